The SMILES string of the molecule is O=C(O)c1nc(N2CCc3cccc(CNc4nc5ccccc5s4)c3C2)ccc1CCCO. The maximum Gasteiger partial charge on any atom is 0.354 e. The van der Waals surface area contributed by atoms with Crippen LogP contribution in [0.15, 0.2) is 54.6 Å². The number of hydrogen-bond donors (Lipinski definition) is 3. The molecule has 0 amide bonds. The van der Waals surface area contributed by atoms with E-state index in [1.54, 1.807) is 11.3 Å². The average Bonchev–Trinajstić information content (AvgIpc) is 3.29. The highest BCUT2D eigenvalue weighted by Crippen LogP contribution is 2.29. The van der Waals surface area contributed by atoms with E-state index >= 15 is 0 Å². The molecule has 0 atom stereocenters. The molecule has 0 radical (unpaired) electrons. The number of aliphatic hydroxyl groups is 1. The molecular formula is C26H26N4O3S. The van der Waals surface area contributed by atoms with E-state index in [9.17, 15) is 9.90 Å². The predicted octanol–water partition coefficient (Wildman–Crippen LogP) is 4.49. The molecule has 8 heteroatoms. The minimum absolute atomic E-state index is 0.0253. The second-order valence-electron chi connectivity index (χ2n) is 8.38. The number of aromatic nitrogens is 2. The first kappa shape index (κ1) is 22.3. The highest BCUT2D eigenvalue weighted by atomic mass is 32.1. The quantitative estimate of drug-likeness (QED) is 0.346. The van der Waals surface area contributed by atoms with Gasteiger partial charge in [0.05, 0.1) is 10.2 Å². The molecule has 1 aliphatic heterocycles. The number of benzene rings is 2. The van der Waals surface area contributed by atoms with E-state index in [1.165, 1.54) is 16.7 Å². The van der Waals surface area contributed by atoms with Crippen LogP contribution in [0.1, 0.15) is 39.2 Å². The molecule has 5 rings (SSSR count). The van der Waals surface area contributed by atoms with Gasteiger partial charge in [0.1, 0.15) is 5.82 Å². The van der Waals surface area contributed by atoms with Gasteiger partial charge in [-0.15, -0.1) is 0 Å². The van der Waals surface area contributed by atoms with Crippen LogP contribution in [0.4, 0.5) is 10.9 Å². The van der Waals surface area contributed by atoms with Crippen molar-refractivity contribution in [3.8, 4) is 0 Å². The van der Waals surface area contributed by atoms with Gasteiger partial charge in [-0.25, -0.2) is 14.8 Å². The fraction of sp³-hybridized carbons (Fsp3) is 0.269. The molecule has 0 saturated carbocycles. The molecule has 1 aliphatic rings. The number of hydrogen-bond acceptors (Lipinski definition) is 7. The fourth-order valence-electron chi connectivity index (χ4n) is 4.44. The van der Waals surface area contributed by atoms with Crippen LogP contribution >= 0.6 is 11.3 Å². The number of thiazole rings is 1. The number of anilines is 2. The van der Waals surface area contributed by atoms with Crippen LogP contribution in [0, 0.1) is 0 Å². The topological polar surface area (TPSA) is 98.6 Å². The number of aromatic carboxylic acids is 1. The molecule has 0 fully saturated rings. The smallest absolute Gasteiger partial charge is 0.354 e. The Morgan fingerprint density at radius 3 is 2.76 bits per heavy atom. The second-order valence-corrected chi connectivity index (χ2v) is 9.41. The van der Waals surface area contributed by atoms with Crippen LogP contribution in [-0.2, 0) is 25.9 Å². The molecular weight excluding hydrogens is 448 g/mol. The van der Waals surface area contributed by atoms with Gasteiger partial charge < -0.3 is 20.4 Å². The third-order valence-corrected chi connectivity index (χ3v) is 7.18. The van der Waals surface area contributed by atoms with Crippen LogP contribution in [0.3, 0.4) is 0 Å². The number of nitrogens with one attached hydrogen (secondary N) is 1. The minimum Gasteiger partial charge on any atom is -0.477 e. The lowest BCUT2D eigenvalue weighted by Crippen LogP contribution is -2.32. The number of nitrogens with zero attached hydrogens (tertiary/aromatic N) is 3. The van der Waals surface area contributed by atoms with Gasteiger partial charge in [-0.1, -0.05) is 47.7 Å². The Hall–Kier alpha value is -3.49. The Balaban J connectivity index is 1.36. The second kappa shape index (κ2) is 9.79. The minimum atomic E-state index is -1.03. The van der Waals surface area contributed by atoms with E-state index in [-0.39, 0.29) is 12.3 Å². The number of carboxylic acid groups (broad SMARTS) is 1. The molecule has 3 N–H and O–H groups in total. The van der Waals surface area contributed by atoms with Gasteiger partial charge in [-0.05, 0) is 59.7 Å². The van der Waals surface area contributed by atoms with Crippen molar-refractivity contribution in [2.45, 2.75) is 32.4 Å². The number of carboxylic acids is 1. The lowest BCUT2D eigenvalue weighted by molar-refractivity contribution is 0.0689. The molecule has 0 bridgehead atoms. The summed E-state index contributed by atoms with van der Waals surface area (Å²) in [5.41, 5.74) is 5.51. The Bertz CT molecular complexity index is 1300. The summed E-state index contributed by atoms with van der Waals surface area (Å²) in [6.07, 6.45) is 1.89. The van der Waals surface area contributed by atoms with Crippen molar-refractivity contribution in [3.63, 3.8) is 0 Å². The summed E-state index contributed by atoms with van der Waals surface area (Å²) in [5.74, 6) is -0.363. The highest BCUT2D eigenvalue weighted by Gasteiger charge is 2.22. The third-order valence-electron chi connectivity index (χ3n) is 6.19. The van der Waals surface area contributed by atoms with Gasteiger partial charge in [-0.2, -0.15) is 0 Å². The summed E-state index contributed by atoms with van der Waals surface area (Å²) >= 11 is 1.65. The molecule has 2 aromatic heterocycles. The summed E-state index contributed by atoms with van der Waals surface area (Å²) in [4.78, 5) is 23.1. The lowest BCUT2D eigenvalue weighted by atomic mass is 9.94. The van der Waals surface area contributed by atoms with Crippen molar-refractivity contribution < 1.29 is 15.0 Å². The fourth-order valence-corrected chi connectivity index (χ4v) is 5.30. The zero-order chi connectivity index (χ0) is 23.5. The molecule has 0 unspecified atom stereocenters. The Labute approximate surface area is 201 Å². The average molecular weight is 475 g/mol. The van der Waals surface area contributed by atoms with Gasteiger partial charge in [0, 0.05) is 26.2 Å². The van der Waals surface area contributed by atoms with Crippen molar-refractivity contribution in [1.29, 1.82) is 0 Å². The Morgan fingerprint density at radius 1 is 1.06 bits per heavy atom. The van der Waals surface area contributed by atoms with E-state index in [4.69, 9.17) is 5.11 Å². The zero-order valence-corrected chi connectivity index (χ0v) is 19.5. The summed E-state index contributed by atoms with van der Waals surface area (Å²) in [5, 5.41) is 23.1. The zero-order valence-electron chi connectivity index (χ0n) is 18.7. The Morgan fingerprint density at radius 2 is 1.94 bits per heavy atom. The number of para-hydroxylation sites is 1. The summed E-state index contributed by atoms with van der Waals surface area (Å²) in [6.45, 7) is 2.15. The summed E-state index contributed by atoms with van der Waals surface area (Å²) < 4.78 is 1.16. The molecule has 0 saturated heterocycles. The number of aliphatic hydroxyl groups excluding tert-OH is 1. The largest absolute Gasteiger partial charge is 0.477 e. The van der Waals surface area contributed by atoms with E-state index in [1.807, 2.05) is 30.3 Å². The van der Waals surface area contributed by atoms with Gasteiger partial charge >= 0.3 is 5.97 Å². The predicted molar refractivity (Wildman–Crippen MR) is 135 cm³/mol. The molecule has 0 aliphatic carbocycles. The van der Waals surface area contributed by atoms with Crippen molar-refractivity contribution >= 4 is 38.5 Å². The Kier molecular flexibility index (Phi) is 6.42. The van der Waals surface area contributed by atoms with Gasteiger partial charge in [-0.3, -0.25) is 0 Å². The van der Waals surface area contributed by atoms with Gasteiger partial charge in [0.15, 0.2) is 10.8 Å². The first-order valence-corrected chi connectivity index (χ1v) is 12.2. The highest BCUT2D eigenvalue weighted by molar-refractivity contribution is 7.22. The molecule has 174 valence electrons. The number of aryl methyl sites for hydroxylation is 1. The van der Waals surface area contributed by atoms with E-state index in [0.29, 0.717) is 37.3 Å². The molecule has 4 aromatic rings. The van der Waals surface area contributed by atoms with Crippen molar-refractivity contribution in [2.75, 3.05) is 23.4 Å². The number of pyridine rings is 1. The normalized spacial score (nSPS) is 13.1. The van der Waals surface area contributed by atoms with Crippen molar-refractivity contribution in [2.24, 2.45) is 0 Å². The van der Waals surface area contributed by atoms with E-state index in [0.717, 1.165) is 28.3 Å². The first-order valence-electron chi connectivity index (χ1n) is 11.4. The maximum absolute atomic E-state index is 11.8. The van der Waals surface area contributed by atoms with Crippen LogP contribution < -0.4 is 10.2 Å². The molecule has 0 spiro atoms. The molecule has 7 nitrogen and oxygen atoms in total. The van der Waals surface area contributed by atoms with Crippen LogP contribution in [0.2, 0.25) is 0 Å². The monoisotopic (exact) mass is 474 g/mol. The lowest BCUT2D eigenvalue weighted by Gasteiger charge is -2.31. The molecule has 3 heterocycles. The first-order chi connectivity index (χ1) is 16.6. The molecule has 34 heavy (non-hydrogen) atoms. The molecule has 2 aromatic carbocycles. The van der Waals surface area contributed by atoms with Gasteiger partial charge in [0.2, 0.25) is 0 Å². The maximum atomic E-state index is 11.8. The van der Waals surface area contributed by atoms with Crippen LogP contribution in [0.5, 0.6) is 0 Å². The summed E-state index contributed by atoms with van der Waals surface area (Å²) in [6, 6.07) is 18.2. The van der Waals surface area contributed by atoms with Gasteiger partial charge in [0.25, 0.3) is 0 Å². The summed E-state index contributed by atoms with van der Waals surface area (Å²) in [7, 11) is 0. The van der Waals surface area contributed by atoms with Crippen LogP contribution in [0.25, 0.3) is 10.2 Å². The number of carbonyl (C=O) groups is 1. The van der Waals surface area contributed by atoms with E-state index in [2.05, 4.69) is 44.5 Å². The van der Waals surface area contributed by atoms with E-state index < -0.39 is 5.97 Å². The number of rotatable bonds is 8. The number of fused-ring (bicyclic) bond motifs is 2. The standard InChI is InChI=1S/C26H26N4O3S/c31-14-4-7-18-10-11-23(29-24(18)25(32)33)30-13-12-17-5-3-6-19(20(17)16-30)15-27-26-28-21-8-1-2-9-22(21)34-26/h1-3,5-6,8-11,31H,4,7,12-16H2,(H,27,28)(H,32,33). The van der Waals surface area contributed by atoms with Crippen molar-refractivity contribution in [3.05, 3.63) is 82.5 Å². The third kappa shape index (κ3) is 4.60. The van der Waals surface area contributed by atoms with Crippen molar-refractivity contribution in [1.82, 2.24) is 9.97 Å². The van der Waals surface area contributed by atoms with Crippen LogP contribution in [-0.4, -0.2) is 39.3 Å².